The van der Waals surface area contributed by atoms with Gasteiger partial charge < -0.3 is 9.80 Å². The summed E-state index contributed by atoms with van der Waals surface area (Å²) in [4.78, 5) is 27.9. The number of nitrogens with zero attached hydrogens (tertiary/aromatic N) is 2. The number of hydrogen-bond donors (Lipinski definition) is 0. The van der Waals surface area contributed by atoms with Crippen LogP contribution >= 0.6 is 0 Å². The number of carbonyl (C=O) groups is 2. The zero-order valence-corrected chi connectivity index (χ0v) is 16.3. The third kappa shape index (κ3) is 5.19. The maximum Gasteiger partial charge on any atom is 0.254 e. The second-order valence-corrected chi connectivity index (χ2v) is 7.72. The minimum atomic E-state index is -0.151. The number of hydrogen-bond acceptors (Lipinski definition) is 2. The van der Waals surface area contributed by atoms with Crippen molar-refractivity contribution in [2.75, 3.05) is 20.6 Å². The highest BCUT2D eigenvalue weighted by Gasteiger charge is 2.18. The molecule has 0 heterocycles. The molecule has 0 saturated carbocycles. The summed E-state index contributed by atoms with van der Waals surface area (Å²) in [7, 11) is 3.42. The fourth-order valence-corrected chi connectivity index (χ4v) is 2.67. The van der Waals surface area contributed by atoms with Crippen LogP contribution in [0, 0.1) is 0 Å². The number of amides is 2. The molecule has 0 spiro atoms. The Bertz CT molecular complexity index is 746. The molecule has 26 heavy (non-hydrogen) atoms. The van der Waals surface area contributed by atoms with Crippen LogP contribution in [0.2, 0.25) is 0 Å². The van der Waals surface area contributed by atoms with E-state index in [0.29, 0.717) is 12.1 Å². The van der Waals surface area contributed by atoms with E-state index in [1.54, 1.807) is 31.1 Å². The molecule has 2 rings (SSSR count). The third-order valence-electron chi connectivity index (χ3n) is 4.41. The molecule has 0 aliphatic rings. The quantitative estimate of drug-likeness (QED) is 0.823. The molecule has 0 fully saturated rings. The van der Waals surface area contributed by atoms with Gasteiger partial charge in [-0.15, -0.1) is 0 Å². The van der Waals surface area contributed by atoms with Crippen molar-refractivity contribution in [2.45, 2.75) is 32.7 Å². The molecule has 138 valence electrons. The van der Waals surface area contributed by atoms with E-state index >= 15 is 0 Å². The van der Waals surface area contributed by atoms with Crippen molar-refractivity contribution in [1.82, 2.24) is 9.80 Å². The summed E-state index contributed by atoms with van der Waals surface area (Å²) >= 11 is 0. The smallest absolute Gasteiger partial charge is 0.254 e. The molecule has 4 nitrogen and oxygen atoms in total. The van der Waals surface area contributed by atoms with Crippen LogP contribution in [0.4, 0.5) is 0 Å². The highest BCUT2D eigenvalue weighted by atomic mass is 16.2. The molecule has 0 bridgehead atoms. The molecule has 0 atom stereocenters. The molecule has 2 aromatic rings. The van der Waals surface area contributed by atoms with E-state index in [9.17, 15) is 9.59 Å². The van der Waals surface area contributed by atoms with Gasteiger partial charge in [0, 0.05) is 26.2 Å². The van der Waals surface area contributed by atoms with Crippen molar-refractivity contribution in [3.63, 3.8) is 0 Å². The third-order valence-corrected chi connectivity index (χ3v) is 4.41. The SMILES string of the molecule is CN(Cc1ccc(C(C)(C)C)cc1)C(=O)CN(C)C(=O)c1ccccc1. The van der Waals surface area contributed by atoms with Gasteiger partial charge in [0.05, 0.1) is 6.54 Å². The van der Waals surface area contributed by atoms with Crippen molar-refractivity contribution in [3.8, 4) is 0 Å². The number of rotatable bonds is 5. The first-order valence-electron chi connectivity index (χ1n) is 8.82. The van der Waals surface area contributed by atoms with Crippen LogP contribution in [0.3, 0.4) is 0 Å². The van der Waals surface area contributed by atoms with Crippen LogP contribution in [0.5, 0.6) is 0 Å². The molecule has 0 aliphatic heterocycles. The summed E-state index contributed by atoms with van der Waals surface area (Å²) in [6.07, 6.45) is 0. The summed E-state index contributed by atoms with van der Waals surface area (Å²) in [6.45, 7) is 7.12. The first kappa shape index (κ1) is 19.7. The fourth-order valence-electron chi connectivity index (χ4n) is 2.67. The van der Waals surface area contributed by atoms with E-state index in [4.69, 9.17) is 0 Å². The van der Waals surface area contributed by atoms with Gasteiger partial charge in [0.1, 0.15) is 0 Å². The fraction of sp³-hybridized carbons (Fsp3) is 0.364. The lowest BCUT2D eigenvalue weighted by molar-refractivity contribution is -0.130. The minimum Gasteiger partial charge on any atom is -0.340 e. The molecule has 2 amide bonds. The van der Waals surface area contributed by atoms with Crippen LogP contribution in [0.25, 0.3) is 0 Å². The lowest BCUT2D eigenvalue weighted by Crippen LogP contribution is -2.39. The van der Waals surface area contributed by atoms with Gasteiger partial charge in [-0.2, -0.15) is 0 Å². The number of likely N-dealkylation sites (N-methyl/N-ethyl adjacent to an activating group) is 2. The van der Waals surface area contributed by atoms with Gasteiger partial charge in [0.2, 0.25) is 5.91 Å². The van der Waals surface area contributed by atoms with Crippen molar-refractivity contribution in [1.29, 1.82) is 0 Å². The molecule has 0 N–H and O–H groups in total. The van der Waals surface area contributed by atoms with Crippen LogP contribution < -0.4 is 0 Å². The number of carbonyl (C=O) groups excluding carboxylic acids is 2. The summed E-state index contributed by atoms with van der Waals surface area (Å²) in [6, 6.07) is 17.3. The van der Waals surface area contributed by atoms with Gasteiger partial charge in [0.25, 0.3) is 5.91 Å². The molecule has 4 heteroatoms. The topological polar surface area (TPSA) is 40.6 Å². The summed E-state index contributed by atoms with van der Waals surface area (Å²) < 4.78 is 0. The first-order chi connectivity index (χ1) is 12.2. The Balaban J connectivity index is 1.94. The van der Waals surface area contributed by atoms with Gasteiger partial charge in [-0.3, -0.25) is 9.59 Å². The number of benzene rings is 2. The Morgan fingerprint density at radius 3 is 1.96 bits per heavy atom. The second-order valence-electron chi connectivity index (χ2n) is 7.72. The predicted molar refractivity (Wildman–Crippen MR) is 105 cm³/mol. The van der Waals surface area contributed by atoms with E-state index in [-0.39, 0.29) is 23.8 Å². The average Bonchev–Trinajstić information content (AvgIpc) is 2.61. The highest BCUT2D eigenvalue weighted by Crippen LogP contribution is 2.22. The summed E-state index contributed by atoms with van der Waals surface area (Å²) in [5, 5.41) is 0. The van der Waals surface area contributed by atoms with Gasteiger partial charge in [0.15, 0.2) is 0 Å². The van der Waals surface area contributed by atoms with Crippen molar-refractivity contribution >= 4 is 11.8 Å². The Hall–Kier alpha value is -2.62. The van der Waals surface area contributed by atoms with Crippen LogP contribution in [0.1, 0.15) is 42.3 Å². The van der Waals surface area contributed by atoms with E-state index in [2.05, 4.69) is 45.0 Å². The average molecular weight is 352 g/mol. The van der Waals surface area contributed by atoms with Gasteiger partial charge in [-0.1, -0.05) is 63.2 Å². The Labute approximate surface area is 156 Å². The van der Waals surface area contributed by atoms with E-state index in [0.717, 1.165) is 5.56 Å². The lowest BCUT2D eigenvalue weighted by atomic mass is 9.87. The molecule has 0 radical (unpaired) electrons. The zero-order chi connectivity index (χ0) is 19.3. The monoisotopic (exact) mass is 352 g/mol. The molecule has 0 saturated heterocycles. The van der Waals surface area contributed by atoms with E-state index in [1.165, 1.54) is 10.5 Å². The van der Waals surface area contributed by atoms with Crippen LogP contribution in [-0.4, -0.2) is 42.3 Å². The lowest BCUT2D eigenvalue weighted by Gasteiger charge is -2.23. The van der Waals surface area contributed by atoms with E-state index < -0.39 is 0 Å². The largest absolute Gasteiger partial charge is 0.340 e. The van der Waals surface area contributed by atoms with Gasteiger partial charge in [-0.25, -0.2) is 0 Å². The molecular formula is C22H28N2O2. The van der Waals surface area contributed by atoms with Gasteiger partial charge >= 0.3 is 0 Å². The molecular weight excluding hydrogens is 324 g/mol. The summed E-state index contributed by atoms with van der Waals surface area (Å²) in [5.74, 6) is -0.237. The summed E-state index contributed by atoms with van der Waals surface area (Å²) in [5.41, 5.74) is 3.04. The highest BCUT2D eigenvalue weighted by molar-refractivity contribution is 5.96. The molecule has 0 aliphatic carbocycles. The van der Waals surface area contributed by atoms with Crippen molar-refractivity contribution in [2.24, 2.45) is 0 Å². The zero-order valence-electron chi connectivity index (χ0n) is 16.3. The maximum absolute atomic E-state index is 12.5. The molecule has 0 unspecified atom stereocenters. The van der Waals surface area contributed by atoms with E-state index in [1.807, 2.05) is 18.2 Å². The van der Waals surface area contributed by atoms with Crippen molar-refractivity contribution < 1.29 is 9.59 Å². The first-order valence-corrected chi connectivity index (χ1v) is 8.82. The van der Waals surface area contributed by atoms with Crippen molar-refractivity contribution in [3.05, 3.63) is 71.3 Å². The predicted octanol–water partition coefficient (Wildman–Crippen LogP) is 3.71. The molecule has 0 aromatic heterocycles. The van der Waals surface area contributed by atoms with Gasteiger partial charge in [-0.05, 0) is 28.7 Å². The maximum atomic E-state index is 12.5. The molecule has 2 aromatic carbocycles. The Kier molecular flexibility index (Phi) is 6.19. The Morgan fingerprint density at radius 2 is 1.42 bits per heavy atom. The minimum absolute atomic E-state index is 0.0598. The van der Waals surface area contributed by atoms with Crippen LogP contribution in [0.15, 0.2) is 54.6 Å². The standard InChI is InChI=1S/C22H28N2O2/c1-22(2,3)19-13-11-17(12-14-19)15-23(4)20(25)16-24(5)21(26)18-9-7-6-8-10-18/h6-14H,15-16H2,1-5H3. The Morgan fingerprint density at radius 1 is 0.846 bits per heavy atom. The van der Waals surface area contributed by atoms with Crippen LogP contribution in [-0.2, 0) is 16.8 Å². The normalized spacial score (nSPS) is 11.1. The second kappa shape index (κ2) is 8.17.